The van der Waals surface area contributed by atoms with Crippen LogP contribution in [0.25, 0.3) is 0 Å². The molecule has 0 fully saturated rings. The molecular weight excluding hydrogens is 403 g/mol. The summed E-state index contributed by atoms with van der Waals surface area (Å²) in [5.74, 6) is -0.372. The van der Waals surface area contributed by atoms with Gasteiger partial charge in [-0.1, -0.05) is 44.0 Å². The second-order valence-corrected chi connectivity index (χ2v) is 9.91. The number of amides is 2. The summed E-state index contributed by atoms with van der Waals surface area (Å²) >= 11 is 13.5. The van der Waals surface area contributed by atoms with Crippen molar-refractivity contribution in [1.82, 2.24) is 0 Å². The van der Waals surface area contributed by atoms with E-state index in [4.69, 9.17) is 28.9 Å². The average Bonchev–Trinajstić information content (AvgIpc) is 2.90. The van der Waals surface area contributed by atoms with Gasteiger partial charge in [0, 0.05) is 9.90 Å². The van der Waals surface area contributed by atoms with Crippen molar-refractivity contribution in [3.63, 3.8) is 0 Å². The summed E-state index contributed by atoms with van der Waals surface area (Å²) in [6, 6.07) is 4.68. The standard InChI is InChI=1S/C20H22Cl2N2O2S/c1-20(2,3)10-4-6-13-15(8-10)27-19(16(13)17(23)25)24-18(26)12-7-5-11(21)9-14(12)22/h5,7,9-10H,4,6,8H2,1-3H3,(H2,23,25)(H,24,26). The fraction of sp³-hybridized carbons (Fsp3) is 0.400. The van der Waals surface area contributed by atoms with E-state index in [2.05, 4.69) is 26.1 Å². The maximum atomic E-state index is 12.7. The number of primary amides is 1. The first-order valence-electron chi connectivity index (χ1n) is 8.78. The molecule has 27 heavy (non-hydrogen) atoms. The molecule has 144 valence electrons. The molecule has 4 nitrogen and oxygen atoms in total. The normalized spacial score (nSPS) is 16.7. The molecule has 0 aliphatic heterocycles. The van der Waals surface area contributed by atoms with Gasteiger partial charge in [0.1, 0.15) is 5.00 Å². The molecule has 1 aromatic carbocycles. The van der Waals surface area contributed by atoms with E-state index < -0.39 is 5.91 Å². The molecule has 0 bridgehead atoms. The summed E-state index contributed by atoms with van der Waals surface area (Å²) in [6.45, 7) is 6.70. The lowest BCUT2D eigenvalue weighted by Crippen LogP contribution is -2.27. The molecule has 1 aromatic heterocycles. The third-order valence-corrected chi connectivity index (χ3v) is 6.86. The van der Waals surface area contributed by atoms with Crippen LogP contribution < -0.4 is 11.1 Å². The van der Waals surface area contributed by atoms with Gasteiger partial charge in [0.15, 0.2) is 0 Å². The van der Waals surface area contributed by atoms with E-state index in [9.17, 15) is 9.59 Å². The van der Waals surface area contributed by atoms with Gasteiger partial charge in [-0.15, -0.1) is 11.3 Å². The van der Waals surface area contributed by atoms with Crippen LogP contribution in [0, 0.1) is 11.3 Å². The number of hydrogen-bond acceptors (Lipinski definition) is 3. The Morgan fingerprint density at radius 3 is 2.56 bits per heavy atom. The zero-order chi connectivity index (χ0) is 19.9. The molecule has 3 rings (SSSR count). The molecule has 2 aromatic rings. The van der Waals surface area contributed by atoms with Crippen molar-refractivity contribution in [1.29, 1.82) is 0 Å². The number of anilines is 1. The monoisotopic (exact) mass is 424 g/mol. The molecular formula is C20H22Cl2N2O2S. The zero-order valence-electron chi connectivity index (χ0n) is 15.5. The Kier molecular flexibility index (Phi) is 5.57. The van der Waals surface area contributed by atoms with Crippen molar-refractivity contribution < 1.29 is 9.59 Å². The van der Waals surface area contributed by atoms with Crippen LogP contribution in [0.15, 0.2) is 18.2 Å². The minimum absolute atomic E-state index is 0.189. The third kappa shape index (κ3) is 4.15. The number of carbonyl (C=O) groups is 2. The highest BCUT2D eigenvalue weighted by Gasteiger charge is 2.33. The largest absolute Gasteiger partial charge is 0.365 e. The second kappa shape index (κ2) is 7.46. The van der Waals surface area contributed by atoms with Crippen molar-refractivity contribution in [2.45, 2.75) is 40.0 Å². The quantitative estimate of drug-likeness (QED) is 0.676. The number of rotatable bonds is 3. The fourth-order valence-corrected chi connectivity index (χ4v) is 5.34. The molecule has 1 unspecified atom stereocenters. The minimum atomic E-state index is -0.515. The fourth-order valence-electron chi connectivity index (χ4n) is 3.52. The summed E-state index contributed by atoms with van der Waals surface area (Å²) < 4.78 is 0. The average molecular weight is 425 g/mol. The second-order valence-electron chi connectivity index (χ2n) is 7.96. The molecule has 1 heterocycles. The van der Waals surface area contributed by atoms with Crippen LogP contribution in [0.1, 0.15) is 58.3 Å². The number of fused-ring (bicyclic) bond motifs is 1. The Hall–Kier alpha value is -1.56. The van der Waals surface area contributed by atoms with Crippen molar-refractivity contribution in [3.05, 3.63) is 49.8 Å². The molecule has 1 aliphatic rings. The van der Waals surface area contributed by atoms with Gasteiger partial charge in [0.25, 0.3) is 11.8 Å². The van der Waals surface area contributed by atoms with E-state index in [1.165, 1.54) is 17.4 Å². The van der Waals surface area contributed by atoms with Crippen molar-refractivity contribution in [2.24, 2.45) is 17.1 Å². The summed E-state index contributed by atoms with van der Waals surface area (Å²) in [5.41, 5.74) is 7.54. The van der Waals surface area contributed by atoms with Crippen molar-refractivity contribution in [2.75, 3.05) is 5.32 Å². The van der Waals surface area contributed by atoms with Crippen molar-refractivity contribution >= 4 is 51.4 Å². The van der Waals surface area contributed by atoms with Gasteiger partial charge in [-0.05, 0) is 54.4 Å². The third-order valence-electron chi connectivity index (χ3n) is 5.14. The number of hydrogen-bond donors (Lipinski definition) is 2. The first kappa shape index (κ1) is 20.2. The topological polar surface area (TPSA) is 72.2 Å². The van der Waals surface area contributed by atoms with Gasteiger partial charge in [-0.2, -0.15) is 0 Å². The lowest BCUT2D eigenvalue weighted by molar-refractivity contribution is 0.1000. The van der Waals surface area contributed by atoms with Crippen LogP contribution in [0.4, 0.5) is 5.00 Å². The molecule has 3 N–H and O–H groups in total. The Balaban J connectivity index is 1.93. The van der Waals surface area contributed by atoms with Crippen LogP contribution in [0.2, 0.25) is 10.0 Å². The van der Waals surface area contributed by atoms with E-state index in [-0.39, 0.29) is 16.3 Å². The SMILES string of the molecule is CC(C)(C)C1CCc2c(sc(NC(=O)c3ccc(Cl)cc3Cl)c2C(N)=O)C1. The van der Waals surface area contributed by atoms with Gasteiger partial charge in [-0.3, -0.25) is 9.59 Å². The predicted octanol–water partition coefficient (Wildman–Crippen LogP) is 5.56. The first-order chi connectivity index (χ1) is 12.6. The summed E-state index contributed by atoms with van der Waals surface area (Å²) in [7, 11) is 0. The Morgan fingerprint density at radius 2 is 1.96 bits per heavy atom. The highest BCUT2D eigenvalue weighted by atomic mass is 35.5. The number of halogens is 2. The molecule has 0 radical (unpaired) electrons. The molecule has 0 spiro atoms. The van der Waals surface area contributed by atoms with E-state index in [1.807, 2.05) is 0 Å². The highest BCUT2D eigenvalue weighted by Crippen LogP contribution is 2.44. The number of carbonyl (C=O) groups excluding carboxylic acids is 2. The lowest BCUT2D eigenvalue weighted by Gasteiger charge is -2.33. The highest BCUT2D eigenvalue weighted by molar-refractivity contribution is 7.17. The summed E-state index contributed by atoms with van der Waals surface area (Å²) in [6.07, 6.45) is 2.69. The van der Waals surface area contributed by atoms with Crippen LogP contribution >= 0.6 is 34.5 Å². The minimum Gasteiger partial charge on any atom is -0.365 e. The van der Waals surface area contributed by atoms with E-state index in [1.54, 1.807) is 12.1 Å². The number of nitrogens with one attached hydrogen (secondary N) is 1. The molecule has 0 saturated carbocycles. The van der Waals surface area contributed by atoms with Crippen LogP contribution in [0.5, 0.6) is 0 Å². The van der Waals surface area contributed by atoms with E-state index in [0.717, 1.165) is 29.7 Å². The van der Waals surface area contributed by atoms with Crippen LogP contribution in [0.3, 0.4) is 0 Å². The smallest absolute Gasteiger partial charge is 0.257 e. The zero-order valence-corrected chi connectivity index (χ0v) is 17.8. The van der Waals surface area contributed by atoms with E-state index >= 15 is 0 Å². The first-order valence-corrected chi connectivity index (χ1v) is 10.4. The molecule has 2 amide bonds. The van der Waals surface area contributed by atoms with Crippen molar-refractivity contribution in [3.8, 4) is 0 Å². The molecule has 0 saturated heterocycles. The Bertz CT molecular complexity index is 915. The number of benzene rings is 1. The summed E-state index contributed by atoms with van der Waals surface area (Å²) in [5, 5.41) is 4.04. The van der Waals surface area contributed by atoms with Gasteiger partial charge >= 0.3 is 0 Å². The van der Waals surface area contributed by atoms with Crippen LogP contribution in [-0.2, 0) is 12.8 Å². The van der Waals surface area contributed by atoms with Gasteiger partial charge in [0.2, 0.25) is 0 Å². The maximum Gasteiger partial charge on any atom is 0.257 e. The Morgan fingerprint density at radius 1 is 1.26 bits per heavy atom. The van der Waals surface area contributed by atoms with Gasteiger partial charge in [-0.25, -0.2) is 0 Å². The lowest BCUT2D eigenvalue weighted by atomic mass is 9.72. The molecule has 1 atom stereocenters. The predicted molar refractivity (Wildman–Crippen MR) is 112 cm³/mol. The maximum absolute atomic E-state index is 12.7. The van der Waals surface area contributed by atoms with E-state index in [0.29, 0.717) is 27.1 Å². The number of thiophene rings is 1. The number of nitrogens with two attached hydrogens (primary N) is 1. The van der Waals surface area contributed by atoms with Gasteiger partial charge < -0.3 is 11.1 Å². The van der Waals surface area contributed by atoms with Gasteiger partial charge in [0.05, 0.1) is 16.1 Å². The Labute approximate surface area is 173 Å². The molecule has 1 aliphatic carbocycles. The molecule has 7 heteroatoms. The van der Waals surface area contributed by atoms with Crippen LogP contribution in [-0.4, -0.2) is 11.8 Å². The summed E-state index contributed by atoms with van der Waals surface area (Å²) in [4.78, 5) is 25.9.